The van der Waals surface area contributed by atoms with Crippen molar-refractivity contribution in [2.75, 3.05) is 6.54 Å². The predicted molar refractivity (Wildman–Crippen MR) is 135 cm³/mol. The molecule has 0 fully saturated rings. The molecular formula is C22H39N7O9. The molecule has 0 aliphatic carbocycles. The Morgan fingerprint density at radius 2 is 1.26 bits per heavy atom. The molecule has 38 heavy (non-hydrogen) atoms. The van der Waals surface area contributed by atoms with Crippen LogP contribution in [0.2, 0.25) is 0 Å². The van der Waals surface area contributed by atoms with Crippen LogP contribution in [0.3, 0.4) is 0 Å². The van der Waals surface area contributed by atoms with E-state index in [1.165, 1.54) is 0 Å². The van der Waals surface area contributed by atoms with E-state index in [2.05, 4.69) is 20.9 Å². The highest BCUT2D eigenvalue weighted by atomic mass is 16.4. The van der Waals surface area contributed by atoms with E-state index in [9.17, 15) is 33.9 Å². The van der Waals surface area contributed by atoms with Gasteiger partial charge in [0.15, 0.2) is 5.96 Å². The van der Waals surface area contributed by atoms with Crippen molar-refractivity contribution in [2.45, 2.75) is 83.0 Å². The van der Waals surface area contributed by atoms with Crippen molar-refractivity contribution in [3.8, 4) is 0 Å². The first-order valence-corrected chi connectivity index (χ1v) is 12.1. The van der Waals surface area contributed by atoms with Gasteiger partial charge in [-0.1, -0.05) is 20.3 Å². The van der Waals surface area contributed by atoms with Crippen molar-refractivity contribution in [3.63, 3.8) is 0 Å². The van der Waals surface area contributed by atoms with E-state index in [4.69, 9.17) is 27.4 Å². The minimum atomic E-state index is -1.47. The minimum absolute atomic E-state index is 0.131. The lowest BCUT2D eigenvalue weighted by Crippen LogP contribution is -2.57. The molecule has 0 aliphatic rings. The molecule has 0 aromatic carbocycles. The normalized spacial score (nSPS) is 14.6. The molecule has 16 nitrogen and oxygen atoms in total. The van der Waals surface area contributed by atoms with Gasteiger partial charge in [-0.05, 0) is 31.6 Å². The Hall–Kier alpha value is -3.95. The van der Waals surface area contributed by atoms with Crippen LogP contribution < -0.4 is 33.2 Å². The Morgan fingerprint density at radius 1 is 0.789 bits per heavy atom. The third-order valence-corrected chi connectivity index (χ3v) is 5.64. The van der Waals surface area contributed by atoms with E-state index in [-0.39, 0.29) is 31.8 Å². The summed E-state index contributed by atoms with van der Waals surface area (Å²) in [7, 11) is 0. The van der Waals surface area contributed by atoms with Gasteiger partial charge < -0.3 is 48.5 Å². The fraction of sp³-hybridized carbons (Fsp3) is 0.682. The molecule has 0 aromatic rings. The van der Waals surface area contributed by atoms with Gasteiger partial charge in [0.1, 0.15) is 18.1 Å². The van der Waals surface area contributed by atoms with Crippen molar-refractivity contribution >= 4 is 41.6 Å². The number of carbonyl (C=O) groups excluding carboxylic acids is 3. The number of rotatable bonds is 19. The lowest BCUT2D eigenvalue weighted by Gasteiger charge is -2.26. The second-order valence-electron chi connectivity index (χ2n) is 8.75. The average Bonchev–Trinajstić information content (AvgIpc) is 2.83. The average molecular weight is 546 g/mol. The molecule has 216 valence electrons. The number of aliphatic carboxylic acids is 3. The zero-order chi connectivity index (χ0) is 29.4. The number of carboxylic acid groups (broad SMARTS) is 3. The molecular weight excluding hydrogens is 506 g/mol. The molecule has 0 aromatic heterocycles. The number of aliphatic imine (C=N–C) groups is 1. The molecule has 3 amide bonds. The summed E-state index contributed by atoms with van der Waals surface area (Å²) in [5, 5.41) is 34.5. The Balaban J connectivity index is 5.60. The first kappa shape index (κ1) is 34.0. The van der Waals surface area contributed by atoms with Gasteiger partial charge in [0.05, 0.1) is 6.04 Å². The van der Waals surface area contributed by atoms with Crippen molar-refractivity contribution in [2.24, 2.45) is 28.1 Å². The summed E-state index contributed by atoms with van der Waals surface area (Å²) in [6.45, 7) is 3.53. The van der Waals surface area contributed by atoms with Crippen LogP contribution in [0.4, 0.5) is 0 Å². The van der Waals surface area contributed by atoms with Crippen LogP contribution in [0.1, 0.15) is 58.8 Å². The molecule has 12 N–H and O–H groups in total. The zero-order valence-corrected chi connectivity index (χ0v) is 21.5. The van der Waals surface area contributed by atoms with Crippen LogP contribution in [-0.2, 0) is 28.8 Å². The number of carbonyl (C=O) groups is 6. The highest BCUT2D eigenvalue weighted by Crippen LogP contribution is 2.10. The second-order valence-corrected chi connectivity index (χ2v) is 8.75. The second kappa shape index (κ2) is 17.5. The summed E-state index contributed by atoms with van der Waals surface area (Å²) in [6, 6.07) is -5.27. The van der Waals surface area contributed by atoms with Crippen molar-refractivity contribution in [1.82, 2.24) is 16.0 Å². The maximum absolute atomic E-state index is 13.0. The number of nitrogens with one attached hydrogen (secondary N) is 3. The Kier molecular flexibility index (Phi) is 15.7. The summed E-state index contributed by atoms with van der Waals surface area (Å²) in [4.78, 5) is 75.8. The summed E-state index contributed by atoms with van der Waals surface area (Å²) in [5.74, 6) is -7.10. The van der Waals surface area contributed by atoms with Crippen molar-refractivity contribution < 1.29 is 44.1 Å². The van der Waals surface area contributed by atoms with E-state index in [1.54, 1.807) is 13.8 Å². The number of guanidine groups is 1. The molecule has 0 saturated carbocycles. The quantitative estimate of drug-likeness (QED) is 0.0469. The zero-order valence-electron chi connectivity index (χ0n) is 21.5. The van der Waals surface area contributed by atoms with Gasteiger partial charge in [-0.25, -0.2) is 4.79 Å². The monoisotopic (exact) mass is 545 g/mol. The fourth-order valence-corrected chi connectivity index (χ4v) is 3.21. The van der Waals surface area contributed by atoms with Crippen LogP contribution >= 0.6 is 0 Å². The summed E-state index contributed by atoms with van der Waals surface area (Å²) in [6.07, 6.45) is -0.887. The molecule has 0 aliphatic heterocycles. The third-order valence-electron chi connectivity index (χ3n) is 5.64. The molecule has 0 bridgehead atoms. The van der Waals surface area contributed by atoms with Gasteiger partial charge >= 0.3 is 17.9 Å². The molecule has 0 heterocycles. The first-order chi connectivity index (χ1) is 17.7. The Morgan fingerprint density at radius 3 is 1.68 bits per heavy atom. The van der Waals surface area contributed by atoms with Crippen molar-refractivity contribution in [3.05, 3.63) is 0 Å². The number of carboxylic acids is 3. The molecule has 0 radical (unpaired) electrons. The van der Waals surface area contributed by atoms with Crippen LogP contribution in [0.25, 0.3) is 0 Å². The predicted octanol–water partition coefficient (Wildman–Crippen LogP) is -2.32. The van der Waals surface area contributed by atoms with E-state index in [0.717, 1.165) is 0 Å². The minimum Gasteiger partial charge on any atom is -0.481 e. The van der Waals surface area contributed by atoms with Gasteiger partial charge in [-0.2, -0.15) is 0 Å². The molecule has 5 atom stereocenters. The Bertz CT molecular complexity index is 877. The van der Waals surface area contributed by atoms with E-state index in [0.29, 0.717) is 12.8 Å². The van der Waals surface area contributed by atoms with Crippen molar-refractivity contribution in [1.29, 1.82) is 0 Å². The van der Waals surface area contributed by atoms with Gasteiger partial charge in [0.2, 0.25) is 17.7 Å². The topological polar surface area (TPSA) is 290 Å². The maximum atomic E-state index is 13.0. The van der Waals surface area contributed by atoms with Crippen LogP contribution in [0.15, 0.2) is 4.99 Å². The van der Waals surface area contributed by atoms with Crippen LogP contribution in [0.5, 0.6) is 0 Å². The maximum Gasteiger partial charge on any atom is 0.326 e. The molecule has 16 heteroatoms. The highest BCUT2D eigenvalue weighted by molar-refractivity contribution is 5.94. The molecule has 0 rings (SSSR count). The largest absolute Gasteiger partial charge is 0.481 e. The van der Waals surface area contributed by atoms with E-state index < -0.39 is 78.6 Å². The highest BCUT2D eigenvalue weighted by Gasteiger charge is 2.32. The third kappa shape index (κ3) is 14.0. The summed E-state index contributed by atoms with van der Waals surface area (Å²) >= 11 is 0. The standard InChI is InChI=1S/C22H39N7O9/c1-3-11(2)17(21(37)38)29-20(36)14(7-9-16(32)33)28-19(35)13(6-8-15(30)31)27-18(34)12(23)5-4-10-26-22(24)25/h11-14,17H,3-10,23H2,1-2H3,(H,27,34)(H,28,35)(H,29,36)(H,30,31)(H,32,33)(H,37,38)(H4,24,25,26). The van der Waals surface area contributed by atoms with E-state index in [1.807, 2.05) is 0 Å². The van der Waals surface area contributed by atoms with E-state index >= 15 is 0 Å². The summed E-state index contributed by atoms with van der Waals surface area (Å²) < 4.78 is 0. The SMILES string of the molecule is CCC(C)C(NC(=O)C(CCC(=O)O)NC(=O)C(CCC(=O)O)NC(=O)C(N)CCCN=C(N)N)C(=O)O. The summed E-state index contributed by atoms with van der Waals surface area (Å²) in [5.41, 5.74) is 16.3. The lowest BCUT2D eigenvalue weighted by molar-refractivity contribution is -0.144. The van der Waals surface area contributed by atoms with Gasteiger partial charge in [-0.15, -0.1) is 0 Å². The fourth-order valence-electron chi connectivity index (χ4n) is 3.21. The van der Waals surface area contributed by atoms with Gasteiger partial charge in [0, 0.05) is 19.4 Å². The van der Waals surface area contributed by atoms with Gasteiger partial charge in [0.25, 0.3) is 0 Å². The number of hydrogen-bond acceptors (Lipinski definition) is 8. The smallest absolute Gasteiger partial charge is 0.326 e. The lowest BCUT2D eigenvalue weighted by atomic mass is 9.98. The molecule has 0 spiro atoms. The Labute approximate surface area is 219 Å². The van der Waals surface area contributed by atoms with Crippen LogP contribution in [-0.4, -0.2) is 87.6 Å². The number of nitrogens with zero attached hydrogens (tertiary/aromatic N) is 1. The first-order valence-electron chi connectivity index (χ1n) is 12.1. The van der Waals surface area contributed by atoms with Gasteiger partial charge in [-0.3, -0.25) is 29.0 Å². The number of nitrogens with two attached hydrogens (primary N) is 3. The molecule has 5 unspecified atom stereocenters. The van der Waals surface area contributed by atoms with Crippen LogP contribution in [0, 0.1) is 5.92 Å². The number of hydrogen-bond donors (Lipinski definition) is 9. The molecule has 0 saturated heterocycles. The number of amides is 3.